The predicted octanol–water partition coefficient (Wildman–Crippen LogP) is 3.29. The summed E-state index contributed by atoms with van der Waals surface area (Å²) < 4.78 is 13.1. The molecule has 1 N–H and O–H groups in total. The van der Waals surface area contributed by atoms with Crippen LogP contribution < -0.4 is 4.74 Å². The molecule has 0 radical (unpaired) electrons. The van der Waals surface area contributed by atoms with Gasteiger partial charge in [-0.1, -0.05) is 12.1 Å². The summed E-state index contributed by atoms with van der Waals surface area (Å²) >= 11 is 0. The van der Waals surface area contributed by atoms with Crippen molar-refractivity contribution >= 4 is 5.91 Å². The third kappa shape index (κ3) is 3.63. The molecule has 7 heteroatoms. The van der Waals surface area contributed by atoms with Crippen LogP contribution in [0.4, 0.5) is 0 Å². The number of rotatable bonds is 5. The molecular formula is C24H27N3O4. The van der Waals surface area contributed by atoms with Crippen molar-refractivity contribution in [2.75, 3.05) is 20.2 Å². The maximum Gasteiger partial charge on any atom is 0.289 e. The molecule has 3 atom stereocenters. The number of hydrogen-bond acceptors (Lipinski definition) is 5. The van der Waals surface area contributed by atoms with Crippen LogP contribution in [0.3, 0.4) is 0 Å². The van der Waals surface area contributed by atoms with Crippen LogP contribution >= 0.6 is 0 Å². The third-order valence-electron chi connectivity index (χ3n) is 6.81. The number of aliphatic hydroxyl groups is 1. The summed E-state index contributed by atoms with van der Waals surface area (Å²) in [6.45, 7) is 1.70. The highest BCUT2D eigenvalue weighted by Gasteiger charge is 2.51. The van der Waals surface area contributed by atoms with E-state index in [0.29, 0.717) is 37.6 Å². The van der Waals surface area contributed by atoms with E-state index < -0.39 is 5.60 Å². The molecule has 1 aromatic carbocycles. The van der Waals surface area contributed by atoms with Gasteiger partial charge in [0.15, 0.2) is 5.76 Å². The van der Waals surface area contributed by atoms with Crippen molar-refractivity contribution in [1.82, 2.24) is 14.5 Å². The molecule has 31 heavy (non-hydrogen) atoms. The molecule has 3 heterocycles. The van der Waals surface area contributed by atoms with Gasteiger partial charge in [-0.15, -0.1) is 0 Å². The molecule has 162 valence electrons. The molecule has 1 amide bonds. The van der Waals surface area contributed by atoms with Crippen molar-refractivity contribution in [3.05, 3.63) is 72.2 Å². The Hall–Kier alpha value is -3.06. The fourth-order valence-electron chi connectivity index (χ4n) is 5.23. The number of benzene rings is 1. The summed E-state index contributed by atoms with van der Waals surface area (Å²) in [4.78, 5) is 19.0. The Morgan fingerprint density at radius 2 is 2.23 bits per heavy atom. The Balaban J connectivity index is 1.34. The Morgan fingerprint density at radius 1 is 1.32 bits per heavy atom. The Bertz CT molecular complexity index is 1060. The number of fused-ring (bicyclic) bond motifs is 1. The van der Waals surface area contributed by atoms with Gasteiger partial charge in [-0.05, 0) is 55.0 Å². The van der Waals surface area contributed by atoms with Crippen molar-refractivity contribution < 1.29 is 19.1 Å². The van der Waals surface area contributed by atoms with Gasteiger partial charge in [0.25, 0.3) is 5.91 Å². The van der Waals surface area contributed by atoms with E-state index in [2.05, 4.69) is 4.98 Å². The monoisotopic (exact) mass is 421 g/mol. The van der Waals surface area contributed by atoms with Gasteiger partial charge >= 0.3 is 0 Å². The molecule has 1 aliphatic carbocycles. The maximum absolute atomic E-state index is 13.2. The molecule has 0 spiro atoms. The number of carbonyl (C=O) groups excluding carboxylic acids is 1. The van der Waals surface area contributed by atoms with Gasteiger partial charge in [0.2, 0.25) is 0 Å². The fourth-order valence-corrected chi connectivity index (χ4v) is 5.23. The Labute approximate surface area is 181 Å². The van der Waals surface area contributed by atoms with E-state index in [0.717, 1.165) is 24.2 Å². The highest BCUT2D eigenvalue weighted by Crippen LogP contribution is 2.48. The summed E-state index contributed by atoms with van der Waals surface area (Å²) in [5.41, 5.74) is -0.0844. The van der Waals surface area contributed by atoms with Crippen LogP contribution in [-0.2, 0) is 12.1 Å². The molecule has 5 rings (SSSR count). The van der Waals surface area contributed by atoms with Crippen molar-refractivity contribution in [3.63, 3.8) is 0 Å². The van der Waals surface area contributed by atoms with E-state index in [9.17, 15) is 9.90 Å². The van der Waals surface area contributed by atoms with E-state index in [-0.39, 0.29) is 17.7 Å². The maximum atomic E-state index is 13.2. The molecule has 2 aliphatic rings. The highest BCUT2D eigenvalue weighted by molar-refractivity contribution is 5.91. The summed E-state index contributed by atoms with van der Waals surface area (Å²) in [5.74, 6) is 1.95. The number of hydrogen-bond donors (Lipinski definition) is 1. The van der Waals surface area contributed by atoms with Crippen molar-refractivity contribution in [2.45, 2.75) is 31.4 Å². The average Bonchev–Trinajstić information content (AvgIpc) is 3.55. The van der Waals surface area contributed by atoms with E-state index in [1.807, 2.05) is 46.0 Å². The number of aromatic nitrogens is 2. The van der Waals surface area contributed by atoms with Crippen LogP contribution in [0, 0.1) is 11.8 Å². The number of likely N-dealkylation sites (tertiary alicyclic amines) is 1. The SMILES string of the molecule is COc1cccc([C@]2(O)CCC[C@H]3CN(C(=O)c4ccc(Cn5ccnc5)o4)C[C@H]32)c1. The fraction of sp³-hybridized carbons (Fsp3) is 0.417. The molecule has 1 saturated carbocycles. The van der Waals surface area contributed by atoms with Gasteiger partial charge in [-0.3, -0.25) is 4.79 Å². The number of ether oxygens (including phenoxy) is 1. The van der Waals surface area contributed by atoms with Gasteiger partial charge in [-0.2, -0.15) is 0 Å². The minimum absolute atomic E-state index is 0.00214. The first-order chi connectivity index (χ1) is 15.1. The van der Waals surface area contributed by atoms with E-state index in [4.69, 9.17) is 9.15 Å². The van der Waals surface area contributed by atoms with Crippen molar-refractivity contribution in [1.29, 1.82) is 0 Å². The van der Waals surface area contributed by atoms with Gasteiger partial charge in [0.05, 0.1) is 25.6 Å². The normalized spacial score (nSPS) is 25.4. The molecule has 2 fully saturated rings. The lowest BCUT2D eigenvalue weighted by atomic mass is 9.67. The lowest BCUT2D eigenvalue weighted by Crippen LogP contribution is -2.43. The molecular weight excluding hydrogens is 394 g/mol. The zero-order valence-corrected chi connectivity index (χ0v) is 17.6. The zero-order valence-electron chi connectivity index (χ0n) is 17.6. The summed E-state index contributed by atoms with van der Waals surface area (Å²) in [6, 6.07) is 11.3. The van der Waals surface area contributed by atoms with Crippen molar-refractivity contribution in [2.24, 2.45) is 11.8 Å². The quantitative estimate of drug-likeness (QED) is 0.684. The number of carbonyl (C=O) groups is 1. The van der Waals surface area contributed by atoms with Crippen LogP contribution in [0.25, 0.3) is 0 Å². The second-order valence-electron chi connectivity index (χ2n) is 8.63. The third-order valence-corrected chi connectivity index (χ3v) is 6.81. The Morgan fingerprint density at radius 3 is 3.03 bits per heavy atom. The van der Waals surface area contributed by atoms with Gasteiger partial charge in [0, 0.05) is 31.4 Å². The van der Waals surface area contributed by atoms with Gasteiger partial charge in [-0.25, -0.2) is 4.98 Å². The lowest BCUT2D eigenvalue weighted by Gasteiger charge is -2.41. The molecule has 3 aromatic rings. The largest absolute Gasteiger partial charge is 0.497 e. The second-order valence-corrected chi connectivity index (χ2v) is 8.63. The van der Waals surface area contributed by atoms with Gasteiger partial charge in [0.1, 0.15) is 11.5 Å². The smallest absolute Gasteiger partial charge is 0.289 e. The first-order valence-electron chi connectivity index (χ1n) is 10.8. The molecule has 1 aliphatic heterocycles. The minimum atomic E-state index is -0.956. The summed E-state index contributed by atoms with van der Waals surface area (Å²) in [6.07, 6.45) is 7.93. The molecule has 0 bridgehead atoms. The molecule has 7 nitrogen and oxygen atoms in total. The van der Waals surface area contributed by atoms with Crippen LogP contribution in [0.1, 0.15) is 41.1 Å². The molecule has 2 aromatic heterocycles. The first kappa shape index (κ1) is 19.9. The molecule has 1 saturated heterocycles. The van der Waals surface area contributed by atoms with E-state index in [1.54, 1.807) is 25.7 Å². The predicted molar refractivity (Wildman–Crippen MR) is 114 cm³/mol. The van der Waals surface area contributed by atoms with Crippen LogP contribution in [0.2, 0.25) is 0 Å². The number of imidazole rings is 1. The minimum Gasteiger partial charge on any atom is -0.497 e. The van der Waals surface area contributed by atoms with E-state index in [1.165, 1.54) is 0 Å². The number of amides is 1. The summed E-state index contributed by atoms with van der Waals surface area (Å²) in [5, 5.41) is 11.7. The van der Waals surface area contributed by atoms with Crippen LogP contribution in [-0.4, -0.2) is 45.7 Å². The van der Waals surface area contributed by atoms with Crippen LogP contribution in [0.5, 0.6) is 5.75 Å². The Kier molecular flexibility index (Phi) is 5.06. The number of nitrogens with zero attached hydrogens (tertiary/aromatic N) is 3. The van der Waals surface area contributed by atoms with E-state index >= 15 is 0 Å². The lowest BCUT2D eigenvalue weighted by molar-refractivity contribution is -0.0645. The van der Waals surface area contributed by atoms with Gasteiger partial charge < -0.3 is 23.7 Å². The van der Waals surface area contributed by atoms with Crippen molar-refractivity contribution in [3.8, 4) is 5.75 Å². The first-order valence-corrected chi connectivity index (χ1v) is 10.8. The van der Waals surface area contributed by atoms with Crippen LogP contribution in [0.15, 0.2) is 59.5 Å². The topological polar surface area (TPSA) is 80.7 Å². The summed E-state index contributed by atoms with van der Waals surface area (Å²) in [7, 11) is 1.63. The zero-order chi connectivity index (χ0) is 21.4. The standard InChI is InChI=1S/C24H27N3O4/c1-30-19-6-2-5-18(12-19)24(29)9-3-4-17-13-27(15-21(17)24)23(28)22-8-7-20(31-22)14-26-11-10-25-16-26/h2,5-8,10-12,16-17,21,29H,3-4,9,13-15H2,1H3/t17-,21+,24+/m0/s1. The number of furan rings is 1. The second kappa shape index (κ2) is 7.89. The number of methoxy groups -OCH3 is 1. The highest BCUT2D eigenvalue weighted by atomic mass is 16.5. The molecule has 0 unspecified atom stereocenters. The average molecular weight is 421 g/mol.